The molecule has 0 saturated heterocycles. The number of nitrogens with one attached hydrogen (secondary N) is 2. The number of carbonyl (C=O) groups is 4. The number of ketones is 2. The quantitative estimate of drug-likeness (QED) is 0.0924. The minimum absolute atomic E-state index is 0.221. The Morgan fingerprint density at radius 1 is 0.615 bits per heavy atom. The lowest BCUT2D eigenvalue weighted by Crippen LogP contribution is -2.32. The highest BCUT2D eigenvalue weighted by Crippen LogP contribution is 2.36. The van der Waals surface area contributed by atoms with Crippen LogP contribution in [0.25, 0.3) is 11.1 Å². The molecule has 12 heteroatoms. The molecule has 52 heavy (non-hydrogen) atoms. The number of anilines is 2. The summed E-state index contributed by atoms with van der Waals surface area (Å²) in [6, 6.07) is 18.6. The van der Waals surface area contributed by atoms with Crippen LogP contribution in [0.3, 0.4) is 0 Å². The zero-order valence-corrected chi connectivity index (χ0v) is 31.6. The van der Waals surface area contributed by atoms with E-state index in [1.807, 2.05) is 58.0 Å². The monoisotopic (exact) mass is 740 g/mol. The molecular formula is C40H42Cl2N6O4. The van der Waals surface area contributed by atoms with Gasteiger partial charge in [-0.3, -0.25) is 19.2 Å². The summed E-state index contributed by atoms with van der Waals surface area (Å²) in [6.07, 6.45) is 3.08. The van der Waals surface area contributed by atoms with Gasteiger partial charge in [-0.25, -0.2) is 0 Å². The lowest BCUT2D eigenvalue weighted by molar-refractivity contribution is -0.127. The molecule has 0 aromatic heterocycles. The lowest BCUT2D eigenvalue weighted by Gasteiger charge is -2.15. The number of aryl methyl sites for hydroxylation is 2. The van der Waals surface area contributed by atoms with Crippen LogP contribution in [0.4, 0.5) is 22.7 Å². The highest BCUT2D eigenvalue weighted by molar-refractivity contribution is 6.34. The number of azo groups is 2. The van der Waals surface area contributed by atoms with Gasteiger partial charge in [0.15, 0.2) is 11.6 Å². The number of benzene rings is 4. The molecular weight excluding hydrogens is 699 g/mol. The van der Waals surface area contributed by atoms with E-state index in [1.165, 1.54) is 13.8 Å². The fourth-order valence-corrected chi connectivity index (χ4v) is 6.34. The smallest absolute Gasteiger partial charge is 0.258 e. The highest BCUT2D eigenvalue weighted by Gasteiger charge is 2.25. The molecule has 2 unspecified atom stereocenters. The lowest BCUT2D eigenvalue weighted by atomic mass is 10.0. The first kappa shape index (κ1) is 39.7. The Kier molecular flexibility index (Phi) is 14.1. The zero-order valence-electron chi connectivity index (χ0n) is 30.1. The molecule has 2 amide bonds. The van der Waals surface area contributed by atoms with Crippen molar-refractivity contribution in [3.05, 3.63) is 105 Å². The number of hydrogen-bond acceptors (Lipinski definition) is 8. The number of nitrogens with zero attached hydrogens (tertiary/aromatic N) is 4. The van der Waals surface area contributed by atoms with Crippen molar-refractivity contribution in [2.75, 3.05) is 10.6 Å². The van der Waals surface area contributed by atoms with Gasteiger partial charge in [0.05, 0.1) is 15.7 Å². The van der Waals surface area contributed by atoms with E-state index in [4.69, 9.17) is 23.2 Å². The molecule has 270 valence electrons. The second-order valence-electron chi connectivity index (χ2n) is 12.1. The van der Waals surface area contributed by atoms with Gasteiger partial charge in [-0.2, -0.15) is 20.5 Å². The van der Waals surface area contributed by atoms with Crippen LogP contribution in [0.2, 0.25) is 10.0 Å². The maximum Gasteiger partial charge on any atom is 0.258 e. The molecule has 2 atom stereocenters. The summed E-state index contributed by atoms with van der Waals surface area (Å²) < 4.78 is 0. The Labute approximate surface area is 314 Å². The molecule has 0 spiro atoms. The summed E-state index contributed by atoms with van der Waals surface area (Å²) in [5.74, 6) is -2.08. The summed E-state index contributed by atoms with van der Waals surface area (Å²) in [5.41, 5.74) is 7.43. The van der Waals surface area contributed by atoms with Gasteiger partial charge in [0.25, 0.3) is 11.8 Å². The number of rotatable bonds is 15. The van der Waals surface area contributed by atoms with Crippen LogP contribution >= 0.6 is 23.2 Å². The van der Waals surface area contributed by atoms with E-state index < -0.39 is 35.5 Å². The molecule has 0 heterocycles. The van der Waals surface area contributed by atoms with Gasteiger partial charge in [-0.05, 0) is 104 Å². The molecule has 0 aliphatic carbocycles. The molecule has 4 aromatic rings. The molecule has 0 fully saturated rings. The van der Waals surface area contributed by atoms with E-state index in [9.17, 15) is 19.2 Å². The molecule has 0 radical (unpaired) electrons. The van der Waals surface area contributed by atoms with Crippen molar-refractivity contribution in [2.24, 2.45) is 20.5 Å². The second-order valence-corrected chi connectivity index (χ2v) is 12.9. The van der Waals surface area contributed by atoms with Crippen LogP contribution in [0.15, 0.2) is 93.3 Å². The van der Waals surface area contributed by atoms with E-state index >= 15 is 0 Å². The summed E-state index contributed by atoms with van der Waals surface area (Å²) in [7, 11) is 0. The molecule has 4 aromatic carbocycles. The van der Waals surface area contributed by atoms with Crippen molar-refractivity contribution in [1.29, 1.82) is 0 Å². The summed E-state index contributed by atoms with van der Waals surface area (Å²) in [4.78, 5) is 51.0. The van der Waals surface area contributed by atoms with Gasteiger partial charge in [0.1, 0.15) is 5.69 Å². The first-order valence-electron chi connectivity index (χ1n) is 17.2. The van der Waals surface area contributed by atoms with E-state index in [-0.39, 0.29) is 10.7 Å². The van der Waals surface area contributed by atoms with Crippen LogP contribution in [0.1, 0.15) is 63.8 Å². The Bertz CT molecular complexity index is 2040. The van der Waals surface area contributed by atoms with Crippen molar-refractivity contribution in [1.82, 2.24) is 0 Å². The predicted molar refractivity (Wildman–Crippen MR) is 208 cm³/mol. The number of halogens is 2. The minimum atomic E-state index is -1.36. The molecule has 0 saturated carbocycles. The largest absolute Gasteiger partial charge is 0.323 e. The molecule has 4 rings (SSSR count). The van der Waals surface area contributed by atoms with Crippen LogP contribution in [-0.2, 0) is 44.9 Å². The van der Waals surface area contributed by atoms with Crippen molar-refractivity contribution in [2.45, 2.75) is 79.3 Å². The van der Waals surface area contributed by atoms with Crippen molar-refractivity contribution in [3.8, 4) is 11.1 Å². The van der Waals surface area contributed by atoms with Crippen LogP contribution in [0, 0.1) is 0 Å². The maximum absolute atomic E-state index is 13.1. The van der Waals surface area contributed by atoms with Crippen LogP contribution in [-0.4, -0.2) is 35.5 Å². The number of hydrogen-bond donors (Lipinski definition) is 2. The fourth-order valence-electron chi connectivity index (χ4n) is 5.84. The molecule has 0 bridgehead atoms. The Morgan fingerprint density at radius 3 is 1.58 bits per heavy atom. The van der Waals surface area contributed by atoms with Gasteiger partial charge in [-0.1, -0.05) is 87.3 Å². The van der Waals surface area contributed by atoms with Crippen molar-refractivity contribution < 1.29 is 19.2 Å². The van der Waals surface area contributed by atoms with Gasteiger partial charge in [0.2, 0.25) is 12.1 Å². The van der Waals surface area contributed by atoms with Crippen molar-refractivity contribution in [3.63, 3.8) is 0 Å². The van der Waals surface area contributed by atoms with Crippen molar-refractivity contribution >= 4 is 69.3 Å². The van der Waals surface area contributed by atoms with Gasteiger partial charge >= 0.3 is 0 Å². The highest BCUT2D eigenvalue weighted by atomic mass is 35.5. The number of carbonyl (C=O) groups excluding carboxylic acids is 4. The van der Waals surface area contributed by atoms with E-state index in [2.05, 4.69) is 31.1 Å². The predicted octanol–water partition coefficient (Wildman–Crippen LogP) is 10.3. The van der Waals surface area contributed by atoms with Crippen LogP contribution < -0.4 is 10.6 Å². The molecule has 2 N–H and O–H groups in total. The summed E-state index contributed by atoms with van der Waals surface area (Å²) in [6.45, 7) is 10.7. The Morgan fingerprint density at radius 2 is 1.13 bits per heavy atom. The van der Waals surface area contributed by atoms with E-state index in [0.717, 1.165) is 47.9 Å². The summed E-state index contributed by atoms with van der Waals surface area (Å²) in [5, 5.41) is 22.6. The SMILES string of the molecule is CCc1cccc(NC(=O)C(N=Nc2ccc(-c3ccc(N=NC(C(C)=O)C(=O)Nc4cccc(CC)c4CC)c(Cl)c3)c(Cl)c2)C(C)=O)c1CC. The third kappa shape index (κ3) is 9.63. The Balaban J connectivity index is 1.49. The zero-order chi connectivity index (χ0) is 37.9. The van der Waals surface area contributed by atoms with Gasteiger partial charge in [0, 0.05) is 16.9 Å². The molecule has 0 aliphatic rings. The topological polar surface area (TPSA) is 142 Å². The van der Waals surface area contributed by atoms with E-state index in [1.54, 1.807) is 42.5 Å². The average Bonchev–Trinajstić information content (AvgIpc) is 3.11. The molecule has 0 aliphatic heterocycles. The Hall–Kier alpha value is -5.06. The summed E-state index contributed by atoms with van der Waals surface area (Å²) >= 11 is 13.2. The number of Topliss-reactive ketones (excluding diaryl/α,β-unsaturated/α-hetero) is 2. The van der Waals surface area contributed by atoms with E-state index in [0.29, 0.717) is 33.2 Å². The fraction of sp³-hybridized carbons (Fsp3) is 0.300. The number of amides is 2. The van der Waals surface area contributed by atoms with Gasteiger partial charge in [-0.15, -0.1) is 0 Å². The first-order chi connectivity index (χ1) is 24.9. The average molecular weight is 742 g/mol. The van der Waals surface area contributed by atoms with Crippen LogP contribution in [0.5, 0.6) is 0 Å². The minimum Gasteiger partial charge on any atom is -0.323 e. The third-order valence-electron chi connectivity index (χ3n) is 8.58. The first-order valence-corrected chi connectivity index (χ1v) is 17.9. The normalized spacial score (nSPS) is 12.5. The standard InChI is InChI=1S/C40H42Cl2N6O4/c1-7-25-13-11-15-34(29(25)9-3)43-39(51)37(23(5)49)47-45-28-18-19-31(32(41)22-28)27-17-20-36(33(42)21-27)46-48-38(24(6)50)40(52)44-35-16-12-14-26(8-2)30(35)10-4/h11-22,37-38H,7-10H2,1-6H3,(H,43,51)(H,44,52). The molecule has 10 nitrogen and oxygen atoms in total. The van der Waals surface area contributed by atoms with Gasteiger partial charge < -0.3 is 10.6 Å². The second kappa shape index (κ2) is 18.4. The third-order valence-corrected chi connectivity index (χ3v) is 9.19. The maximum atomic E-state index is 13.1.